The van der Waals surface area contributed by atoms with Crippen molar-refractivity contribution in [1.29, 1.82) is 0 Å². The molecular formula is C20H24N6O. The molecule has 4 rings (SSSR count). The number of nitrogens with one attached hydrogen (secondary N) is 1. The van der Waals surface area contributed by atoms with Crippen LogP contribution in [0.3, 0.4) is 0 Å². The predicted molar refractivity (Wildman–Crippen MR) is 101 cm³/mol. The second kappa shape index (κ2) is 7.73. The van der Waals surface area contributed by atoms with Crippen molar-refractivity contribution in [3.8, 4) is 0 Å². The molecule has 1 aliphatic rings. The van der Waals surface area contributed by atoms with E-state index in [0.29, 0.717) is 11.6 Å². The third-order valence-electron chi connectivity index (χ3n) is 5.00. The molecule has 1 aliphatic heterocycles. The molecule has 3 aromatic rings. The summed E-state index contributed by atoms with van der Waals surface area (Å²) < 4.78 is 1.91. The summed E-state index contributed by atoms with van der Waals surface area (Å²) in [6.45, 7) is 4.18. The maximum absolute atomic E-state index is 12.6. The zero-order chi connectivity index (χ0) is 18.6. The number of likely N-dealkylation sites (tertiary alicyclic amines) is 1. The lowest BCUT2D eigenvalue weighted by molar-refractivity contribution is 0.0654. The number of rotatable bonds is 5. The highest BCUT2D eigenvalue weighted by Crippen LogP contribution is 2.20. The number of carbonyl (C=O) groups excluding carboxylic acids is 1. The summed E-state index contributed by atoms with van der Waals surface area (Å²) in [6, 6.07) is 10.3. The Hall–Kier alpha value is -2.96. The molecule has 1 atom stereocenters. The topological polar surface area (TPSA) is 79.7 Å². The van der Waals surface area contributed by atoms with Crippen LogP contribution >= 0.6 is 0 Å². The zero-order valence-electron chi connectivity index (χ0n) is 15.5. The van der Waals surface area contributed by atoms with E-state index in [-0.39, 0.29) is 5.91 Å². The molecule has 0 saturated carbocycles. The number of nitrogens with zero attached hydrogens (tertiary/aromatic N) is 5. The third kappa shape index (κ3) is 4.24. The van der Waals surface area contributed by atoms with Gasteiger partial charge in [-0.3, -0.25) is 9.48 Å². The van der Waals surface area contributed by atoms with Crippen LogP contribution in [0.1, 0.15) is 40.4 Å². The van der Waals surface area contributed by atoms with Crippen molar-refractivity contribution in [3.05, 3.63) is 65.5 Å². The summed E-state index contributed by atoms with van der Waals surface area (Å²) in [4.78, 5) is 21.7. The molecule has 0 aliphatic carbocycles. The molecule has 27 heavy (non-hydrogen) atoms. The number of imidazole rings is 1. The van der Waals surface area contributed by atoms with Crippen molar-refractivity contribution >= 4 is 5.91 Å². The number of hydrogen-bond donors (Lipinski definition) is 1. The molecule has 1 N–H and O–H groups in total. The van der Waals surface area contributed by atoms with Crippen LogP contribution in [0.2, 0.25) is 0 Å². The molecule has 3 heterocycles. The van der Waals surface area contributed by atoms with Crippen molar-refractivity contribution in [2.24, 2.45) is 5.92 Å². The first kappa shape index (κ1) is 17.5. The Balaban J connectivity index is 1.36. The Morgan fingerprint density at radius 1 is 1.30 bits per heavy atom. The van der Waals surface area contributed by atoms with Crippen LogP contribution in [0.4, 0.5) is 0 Å². The first-order valence-corrected chi connectivity index (χ1v) is 9.41. The van der Waals surface area contributed by atoms with Crippen LogP contribution in [0.15, 0.2) is 42.7 Å². The first-order valence-electron chi connectivity index (χ1n) is 9.41. The highest BCUT2D eigenvalue weighted by atomic mass is 16.2. The number of aromatic amines is 1. The van der Waals surface area contributed by atoms with Gasteiger partial charge in [0.2, 0.25) is 0 Å². The highest BCUT2D eigenvalue weighted by Gasteiger charge is 2.26. The summed E-state index contributed by atoms with van der Waals surface area (Å²) in [5.41, 5.74) is 2.77. The van der Waals surface area contributed by atoms with E-state index in [9.17, 15) is 4.79 Å². The summed E-state index contributed by atoms with van der Waals surface area (Å²) in [6.07, 6.45) is 6.53. The minimum atomic E-state index is 0.0312. The summed E-state index contributed by atoms with van der Waals surface area (Å²) >= 11 is 0. The smallest absolute Gasteiger partial charge is 0.271 e. The molecule has 7 heteroatoms. The Labute approximate surface area is 158 Å². The molecule has 0 spiro atoms. The molecule has 1 amide bonds. The van der Waals surface area contributed by atoms with Crippen molar-refractivity contribution in [2.45, 2.75) is 32.7 Å². The van der Waals surface area contributed by atoms with E-state index in [4.69, 9.17) is 0 Å². The van der Waals surface area contributed by atoms with E-state index in [1.807, 2.05) is 40.9 Å². The van der Waals surface area contributed by atoms with Gasteiger partial charge in [0.15, 0.2) is 0 Å². The van der Waals surface area contributed by atoms with Gasteiger partial charge < -0.3 is 9.88 Å². The number of H-pyrrole nitrogens is 1. The van der Waals surface area contributed by atoms with Crippen LogP contribution in [-0.4, -0.2) is 48.9 Å². The van der Waals surface area contributed by atoms with Gasteiger partial charge in [-0.25, -0.2) is 4.98 Å². The molecule has 0 unspecified atom stereocenters. The summed E-state index contributed by atoms with van der Waals surface area (Å²) in [7, 11) is 0. The number of hydrogen-bond acceptors (Lipinski definition) is 4. The number of aromatic nitrogens is 5. The normalized spacial score (nSPS) is 17.2. The second-order valence-electron chi connectivity index (χ2n) is 7.24. The minimum Gasteiger partial charge on any atom is -0.338 e. The Kier molecular flexibility index (Phi) is 5.00. The van der Waals surface area contributed by atoms with Gasteiger partial charge in [0.05, 0.1) is 11.9 Å². The standard InChI is InChI=1S/C20H24N6O/c1-15-21-11-19(22-15)20(27)25-9-5-8-17(12-25)13-26-14-18(23-24-26)10-16-6-3-2-4-7-16/h2-4,6-7,11,14,17H,5,8-10,12-13H2,1H3,(H,21,22)/t17-/m0/s1. The average Bonchev–Trinajstić information content (AvgIpc) is 3.31. The average molecular weight is 364 g/mol. The monoisotopic (exact) mass is 364 g/mol. The third-order valence-corrected chi connectivity index (χ3v) is 5.00. The van der Waals surface area contributed by atoms with Crippen LogP contribution < -0.4 is 0 Å². The van der Waals surface area contributed by atoms with E-state index in [0.717, 1.165) is 50.4 Å². The molecule has 0 radical (unpaired) electrons. The van der Waals surface area contributed by atoms with Crippen LogP contribution in [0, 0.1) is 12.8 Å². The SMILES string of the molecule is Cc1ncc(C(=O)N2CCC[C@H](Cn3cc(Cc4ccccc4)nn3)C2)[nH]1. The molecule has 2 aromatic heterocycles. The van der Waals surface area contributed by atoms with Crippen LogP contribution in [0.5, 0.6) is 0 Å². The van der Waals surface area contributed by atoms with Gasteiger partial charge >= 0.3 is 0 Å². The number of benzene rings is 1. The number of carbonyl (C=O) groups is 1. The maximum atomic E-state index is 12.6. The second-order valence-corrected chi connectivity index (χ2v) is 7.24. The maximum Gasteiger partial charge on any atom is 0.271 e. The van der Waals surface area contributed by atoms with E-state index < -0.39 is 0 Å². The quantitative estimate of drug-likeness (QED) is 0.754. The molecule has 0 bridgehead atoms. The molecule has 1 saturated heterocycles. The van der Waals surface area contributed by atoms with E-state index in [1.54, 1.807) is 6.20 Å². The number of aryl methyl sites for hydroxylation is 1. The predicted octanol–water partition coefficient (Wildman–Crippen LogP) is 2.45. The van der Waals surface area contributed by atoms with E-state index in [2.05, 4.69) is 32.4 Å². The van der Waals surface area contributed by atoms with E-state index >= 15 is 0 Å². The fourth-order valence-electron chi connectivity index (χ4n) is 3.68. The largest absolute Gasteiger partial charge is 0.338 e. The Morgan fingerprint density at radius 2 is 2.15 bits per heavy atom. The minimum absolute atomic E-state index is 0.0312. The van der Waals surface area contributed by atoms with Gasteiger partial charge in [-0.2, -0.15) is 0 Å². The molecule has 1 fully saturated rings. The van der Waals surface area contributed by atoms with E-state index in [1.165, 1.54) is 5.56 Å². The van der Waals surface area contributed by atoms with Crippen LogP contribution in [-0.2, 0) is 13.0 Å². The molecule has 140 valence electrons. The Morgan fingerprint density at radius 3 is 2.93 bits per heavy atom. The van der Waals surface area contributed by atoms with Crippen molar-refractivity contribution in [3.63, 3.8) is 0 Å². The van der Waals surface area contributed by atoms with Gasteiger partial charge in [0, 0.05) is 32.3 Å². The lowest BCUT2D eigenvalue weighted by Crippen LogP contribution is -2.41. The van der Waals surface area contributed by atoms with Gasteiger partial charge in [-0.05, 0) is 31.2 Å². The fraction of sp³-hybridized carbons (Fsp3) is 0.400. The number of amides is 1. The van der Waals surface area contributed by atoms with Gasteiger partial charge in [0.25, 0.3) is 5.91 Å². The van der Waals surface area contributed by atoms with Gasteiger partial charge in [0.1, 0.15) is 11.5 Å². The molecule has 7 nitrogen and oxygen atoms in total. The summed E-state index contributed by atoms with van der Waals surface area (Å²) in [5.74, 6) is 1.18. The lowest BCUT2D eigenvalue weighted by Gasteiger charge is -2.32. The zero-order valence-corrected chi connectivity index (χ0v) is 15.5. The van der Waals surface area contributed by atoms with Crippen LogP contribution in [0.25, 0.3) is 0 Å². The van der Waals surface area contributed by atoms with Crippen molar-refractivity contribution in [2.75, 3.05) is 13.1 Å². The van der Waals surface area contributed by atoms with Gasteiger partial charge in [-0.15, -0.1) is 5.10 Å². The Bertz CT molecular complexity index is 900. The number of piperidine rings is 1. The first-order chi connectivity index (χ1) is 13.2. The molecule has 1 aromatic carbocycles. The lowest BCUT2D eigenvalue weighted by atomic mass is 9.98. The van der Waals surface area contributed by atoms with Gasteiger partial charge in [-0.1, -0.05) is 35.5 Å². The fourth-order valence-corrected chi connectivity index (χ4v) is 3.68. The van der Waals surface area contributed by atoms with Crippen molar-refractivity contribution < 1.29 is 4.79 Å². The van der Waals surface area contributed by atoms with Crippen molar-refractivity contribution in [1.82, 2.24) is 29.9 Å². The molecular weight excluding hydrogens is 340 g/mol. The summed E-state index contributed by atoms with van der Waals surface area (Å²) in [5, 5.41) is 8.59. The highest BCUT2D eigenvalue weighted by molar-refractivity contribution is 5.92.